The molecule has 0 aliphatic carbocycles. The first-order valence-corrected chi connectivity index (χ1v) is 9.20. The van der Waals surface area contributed by atoms with Crippen LogP contribution < -0.4 is 10.1 Å². The fourth-order valence-electron chi connectivity index (χ4n) is 2.63. The van der Waals surface area contributed by atoms with Crippen molar-refractivity contribution in [1.29, 1.82) is 0 Å². The zero-order chi connectivity index (χ0) is 20.4. The molecule has 0 aliphatic rings. The number of anilines is 1. The molecule has 7 nitrogen and oxygen atoms in total. The van der Waals surface area contributed by atoms with Crippen LogP contribution in [0.1, 0.15) is 16.1 Å². The Balaban J connectivity index is 1.51. The van der Waals surface area contributed by atoms with Crippen LogP contribution in [-0.2, 0) is 6.54 Å². The lowest BCUT2D eigenvalue weighted by Crippen LogP contribution is -2.00. The first-order chi connectivity index (χ1) is 14.0. The second kappa shape index (κ2) is 7.98. The predicted molar refractivity (Wildman–Crippen MR) is 109 cm³/mol. The Kier molecular flexibility index (Phi) is 5.24. The lowest BCUT2D eigenvalue weighted by molar-refractivity contribution is 0.0690. The van der Waals surface area contributed by atoms with E-state index in [2.05, 4.69) is 15.3 Å². The van der Waals surface area contributed by atoms with Gasteiger partial charge in [0, 0.05) is 24.9 Å². The molecule has 0 spiro atoms. The van der Waals surface area contributed by atoms with Gasteiger partial charge in [0.15, 0.2) is 11.3 Å². The molecule has 0 radical (unpaired) electrons. The minimum Gasteiger partial charge on any atom is -0.477 e. The van der Waals surface area contributed by atoms with Gasteiger partial charge >= 0.3 is 5.97 Å². The number of rotatable bonds is 6. The van der Waals surface area contributed by atoms with E-state index >= 15 is 0 Å². The number of carboxylic acid groups (broad SMARTS) is 1. The van der Waals surface area contributed by atoms with Gasteiger partial charge < -0.3 is 19.6 Å². The number of hydrogen-bond acceptors (Lipinski definition) is 6. The number of pyridine rings is 1. The van der Waals surface area contributed by atoms with Crippen LogP contribution >= 0.6 is 23.2 Å². The minimum absolute atomic E-state index is 0.102. The summed E-state index contributed by atoms with van der Waals surface area (Å²) in [5.41, 5.74) is 1.86. The highest BCUT2D eigenvalue weighted by Crippen LogP contribution is 2.29. The van der Waals surface area contributed by atoms with Gasteiger partial charge in [-0.15, -0.1) is 0 Å². The molecule has 2 aromatic carbocycles. The van der Waals surface area contributed by atoms with Crippen molar-refractivity contribution in [3.63, 3.8) is 0 Å². The molecule has 9 heteroatoms. The number of fused-ring (bicyclic) bond motifs is 1. The Morgan fingerprint density at radius 3 is 2.79 bits per heavy atom. The first kappa shape index (κ1) is 19.0. The Morgan fingerprint density at radius 1 is 1.14 bits per heavy atom. The third kappa shape index (κ3) is 4.26. The third-order valence-corrected chi connectivity index (χ3v) is 4.87. The van der Waals surface area contributed by atoms with Crippen LogP contribution in [0.25, 0.3) is 11.1 Å². The summed E-state index contributed by atoms with van der Waals surface area (Å²) in [6.45, 7) is 0.393. The number of benzene rings is 2. The van der Waals surface area contributed by atoms with Gasteiger partial charge in [-0.3, -0.25) is 0 Å². The first-order valence-electron chi connectivity index (χ1n) is 8.44. The molecular formula is C20H13Cl2N3O4. The van der Waals surface area contributed by atoms with E-state index in [4.69, 9.17) is 37.5 Å². The van der Waals surface area contributed by atoms with E-state index in [0.29, 0.717) is 45.2 Å². The molecule has 0 bridgehead atoms. The molecule has 4 rings (SSSR count). The van der Waals surface area contributed by atoms with Gasteiger partial charge in [-0.2, -0.15) is 4.98 Å². The standard InChI is InChI=1S/C20H13Cl2N3O4/c21-14-3-1-2-11(18(14)22)10-24-20-25-15-5-4-12(9-17(15)29-20)28-13-6-7-23-16(8-13)19(26)27/h1-9H,10H2,(H,24,25)(H,26,27). The van der Waals surface area contributed by atoms with Crippen LogP contribution in [0.5, 0.6) is 11.5 Å². The maximum atomic E-state index is 11.0. The lowest BCUT2D eigenvalue weighted by Gasteiger charge is -2.05. The predicted octanol–water partition coefficient (Wildman–Crippen LogP) is 5.63. The molecule has 29 heavy (non-hydrogen) atoms. The molecule has 0 aliphatic heterocycles. The average molecular weight is 430 g/mol. The summed E-state index contributed by atoms with van der Waals surface area (Å²) in [4.78, 5) is 19.1. The number of oxazole rings is 1. The number of aromatic nitrogens is 2. The van der Waals surface area contributed by atoms with Crippen LogP contribution in [0.4, 0.5) is 6.01 Å². The second-order valence-corrected chi connectivity index (χ2v) is 6.78. The molecule has 0 atom stereocenters. The fourth-order valence-corrected chi connectivity index (χ4v) is 3.01. The largest absolute Gasteiger partial charge is 0.477 e. The van der Waals surface area contributed by atoms with Crippen molar-refractivity contribution in [1.82, 2.24) is 9.97 Å². The summed E-state index contributed by atoms with van der Waals surface area (Å²) in [5.74, 6) is -0.303. The number of halogens is 2. The molecule has 0 saturated carbocycles. The maximum Gasteiger partial charge on any atom is 0.354 e. The van der Waals surface area contributed by atoms with Gasteiger partial charge in [-0.1, -0.05) is 35.3 Å². The normalized spacial score (nSPS) is 10.8. The lowest BCUT2D eigenvalue weighted by atomic mass is 10.2. The Morgan fingerprint density at radius 2 is 1.97 bits per heavy atom. The zero-order valence-electron chi connectivity index (χ0n) is 14.7. The van der Waals surface area contributed by atoms with Crippen molar-refractivity contribution < 1.29 is 19.1 Å². The molecule has 4 aromatic rings. The molecular weight excluding hydrogens is 417 g/mol. The number of aromatic carboxylic acids is 1. The third-order valence-electron chi connectivity index (χ3n) is 4.01. The van der Waals surface area contributed by atoms with Gasteiger partial charge in [0.1, 0.15) is 17.0 Å². The van der Waals surface area contributed by atoms with Crippen LogP contribution in [-0.4, -0.2) is 21.0 Å². The van der Waals surface area contributed by atoms with Crippen molar-refractivity contribution in [3.05, 3.63) is 76.0 Å². The Bertz CT molecular complexity index is 1210. The van der Waals surface area contributed by atoms with Crippen molar-refractivity contribution in [3.8, 4) is 11.5 Å². The van der Waals surface area contributed by atoms with Gasteiger partial charge in [-0.25, -0.2) is 9.78 Å². The van der Waals surface area contributed by atoms with Crippen molar-refractivity contribution in [2.24, 2.45) is 0 Å². The summed E-state index contributed by atoms with van der Waals surface area (Å²) >= 11 is 12.2. The molecule has 2 aromatic heterocycles. The summed E-state index contributed by atoms with van der Waals surface area (Å²) in [5, 5.41) is 13.1. The van der Waals surface area contributed by atoms with Gasteiger partial charge in [0.25, 0.3) is 6.01 Å². The van der Waals surface area contributed by atoms with E-state index in [1.54, 1.807) is 30.3 Å². The summed E-state index contributed by atoms with van der Waals surface area (Å²) in [6, 6.07) is 13.7. The number of nitrogens with one attached hydrogen (secondary N) is 1. The summed E-state index contributed by atoms with van der Waals surface area (Å²) in [7, 11) is 0. The SMILES string of the molecule is O=C(O)c1cc(Oc2ccc3nc(NCc4cccc(Cl)c4Cl)oc3c2)ccn1. The van der Waals surface area contributed by atoms with E-state index in [9.17, 15) is 4.79 Å². The fraction of sp³-hybridized carbons (Fsp3) is 0.0500. The quantitative estimate of drug-likeness (QED) is 0.409. The van der Waals surface area contributed by atoms with Gasteiger partial charge in [0.2, 0.25) is 0 Å². The number of ether oxygens (including phenoxy) is 1. The van der Waals surface area contributed by atoms with Crippen molar-refractivity contribution in [2.75, 3.05) is 5.32 Å². The van der Waals surface area contributed by atoms with E-state index in [-0.39, 0.29) is 5.69 Å². The van der Waals surface area contributed by atoms with Crippen LogP contribution in [0.15, 0.2) is 59.1 Å². The molecule has 2 N–H and O–H groups in total. The van der Waals surface area contributed by atoms with Crippen molar-refractivity contribution in [2.45, 2.75) is 6.54 Å². The highest BCUT2D eigenvalue weighted by atomic mass is 35.5. The molecule has 0 unspecified atom stereocenters. The van der Waals surface area contributed by atoms with Crippen LogP contribution in [0.2, 0.25) is 10.0 Å². The number of carboxylic acids is 1. The molecule has 0 amide bonds. The second-order valence-electron chi connectivity index (χ2n) is 6.00. The van der Waals surface area contributed by atoms with E-state index < -0.39 is 5.97 Å². The Hall–Kier alpha value is -3.29. The van der Waals surface area contributed by atoms with Gasteiger partial charge in [-0.05, 0) is 29.8 Å². The molecule has 146 valence electrons. The summed E-state index contributed by atoms with van der Waals surface area (Å²) < 4.78 is 11.4. The highest BCUT2D eigenvalue weighted by Gasteiger charge is 2.11. The smallest absolute Gasteiger partial charge is 0.354 e. The van der Waals surface area contributed by atoms with E-state index in [1.807, 2.05) is 12.1 Å². The van der Waals surface area contributed by atoms with E-state index in [1.165, 1.54) is 12.3 Å². The average Bonchev–Trinajstić information content (AvgIpc) is 3.11. The monoisotopic (exact) mass is 429 g/mol. The highest BCUT2D eigenvalue weighted by molar-refractivity contribution is 6.42. The number of nitrogens with zero attached hydrogens (tertiary/aromatic N) is 2. The molecule has 0 saturated heterocycles. The molecule has 0 fully saturated rings. The van der Waals surface area contributed by atoms with Gasteiger partial charge in [0.05, 0.1) is 10.0 Å². The minimum atomic E-state index is -1.13. The zero-order valence-corrected chi connectivity index (χ0v) is 16.2. The summed E-state index contributed by atoms with van der Waals surface area (Å²) in [6.07, 6.45) is 1.37. The number of carbonyl (C=O) groups is 1. The molecule has 2 heterocycles. The van der Waals surface area contributed by atoms with Crippen molar-refractivity contribution >= 4 is 46.3 Å². The van der Waals surface area contributed by atoms with Crippen LogP contribution in [0.3, 0.4) is 0 Å². The van der Waals surface area contributed by atoms with E-state index in [0.717, 1.165) is 5.56 Å². The Labute approximate surface area is 174 Å². The maximum absolute atomic E-state index is 11.0. The number of hydrogen-bond donors (Lipinski definition) is 2. The topological polar surface area (TPSA) is 97.5 Å². The van der Waals surface area contributed by atoms with Crippen LogP contribution in [0, 0.1) is 0 Å².